The van der Waals surface area contributed by atoms with Gasteiger partial charge in [-0.15, -0.1) is 0 Å². The van der Waals surface area contributed by atoms with Gasteiger partial charge in [-0.2, -0.15) is 0 Å². The van der Waals surface area contributed by atoms with Crippen LogP contribution in [0.2, 0.25) is 0 Å². The fourth-order valence-corrected chi connectivity index (χ4v) is 6.07. The van der Waals surface area contributed by atoms with E-state index in [0.29, 0.717) is 29.9 Å². The molecule has 0 saturated carbocycles. The van der Waals surface area contributed by atoms with Crippen LogP contribution in [0, 0.1) is 0 Å². The molecule has 1 atom stereocenters. The number of hydrogen-bond donors (Lipinski definition) is 2. The van der Waals surface area contributed by atoms with E-state index in [1.54, 1.807) is 31.2 Å². The topological polar surface area (TPSA) is 113 Å². The summed E-state index contributed by atoms with van der Waals surface area (Å²) in [5.41, 5.74) is 1.93. The number of amides is 1. The van der Waals surface area contributed by atoms with Crippen LogP contribution in [0.3, 0.4) is 0 Å². The van der Waals surface area contributed by atoms with E-state index in [1.807, 2.05) is 0 Å². The second-order valence-corrected chi connectivity index (χ2v) is 10.6. The SMILES string of the molecule is CC1C(=O)Nc2ccc(S(=O)(=O)Nc3cccc(N4CCCS4(=O)=O)c3)cc21. The van der Waals surface area contributed by atoms with Crippen molar-refractivity contribution < 1.29 is 21.6 Å². The first kappa shape index (κ1) is 18.8. The molecule has 2 aliphatic rings. The third kappa shape index (κ3) is 3.22. The summed E-state index contributed by atoms with van der Waals surface area (Å²) in [6.45, 7) is 2.09. The third-order valence-electron chi connectivity index (χ3n) is 4.94. The molecule has 1 saturated heterocycles. The molecule has 0 radical (unpaired) electrons. The molecule has 10 heteroatoms. The predicted octanol–water partition coefficient (Wildman–Crippen LogP) is 2.08. The van der Waals surface area contributed by atoms with E-state index < -0.39 is 26.0 Å². The largest absolute Gasteiger partial charge is 0.325 e. The Labute approximate surface area is 163 Å². The average molecular weight is 422 g/mol. The molecule has 0 spiro atoms. The lowest BCUT2D eigenvalue weighted by molar-refractivity contribution is -0.116. The molecule has 2 heterocycles. The van der Waals surface area contributed by atoms with Crippen molar-refractivity contribution in [3.63, 3.8) is 0 Å². The van der Waals surface area contributed by atoms with Crippen molar-refractivity contribution in [1.82, 2.24) is 0 Å². The minimum atomic E-state index is -3.90. The summed E-state index contributed by atoms with van der Waals surface area (Å²) in [7, 11) is -7.26. The molecule has 148 valence electrons. The fourth-order valence-electron chi connectivity index (χ4n) is 3.43. The van der Waals surface area contributed by atoms with Crippen LogP contribution in [-0.2, 0) is 24.8 Å². The van der Waals surface area contributed by atoms with E-state index in [9.17, 15) is 21.6 Å². The van der Waals surface area contributed by atoms with E-state index >= 15 is 0 Å². The Hall–Kier alpha value is -2.59. The Balaban J connectivity index is 1.63. The number of nitrogens with zero attached hydrogens (tertiary/aromatic N) is 1. The number of benzene rings is 2. The van der Waals surface area contributed by atoms with Crippen LogP contribution in [0.5, 0.6) is 0 Å². The highest BCUT2D eigenvalue weighted by Crippen LogP contribution is 2.34. The Bertz CT molecular complexity index is 1180. The highest BCUT2D eigenvalue weighted by Gasteiger charge is 2.30. The zero-order valence-corrected chi connectivity index (χ0v) is 16.7. The van der Waals surface area contributed by atoms with Crippen LogP contribution in [0.1, 0.15) is 24.8 Å². The molecular formula is C18H19N3O5S2. The van der Waals surface area contributed by atoms with E-state index in [0.717, 1.165) is 0 Å². The van der Waals surface area contributed by atoms with Crippen molar-refractivity contribution in [1.29, 1.82) is 0 Å². The van der Waals surface area contributed by atoms with Crippen molar-refractivity contribution in [2.75, 3.05) is 26.6 Å². The summed E-state index contributed by atoms with van der Waals surface area (Å²) in [5, 5.41) is 2.71. The molecule has 0 aromatic heterocycles. The van der Waals surface area contributed by atoms with Gasteiger partial charge in [0.15, 0.2) is 0 Å². The lowest BCUT2D eigenvalue weighted by atomic mass is 10.0. The average Bonchev–Trinajstić information content (AvgIpc) is 3.13. The highest BCUT2D eigenvalue weighted by atomic mass is 32.2. The number of anilines is 3. The summed E-state index contributed by atoms with van der Waals surface area (Å²) in [6, 6.07) is 10.8. The van der Waals surface area contributed by atoms with Crippen molar-refractivity contribution in [3.05, 3.63) is 48.0 Å². The highest BCUT2D eigenvalue weighted by molar-refractivity contribution is 7.93. The second-order valence-electron chi connectivity index (χ2n) is 6.86. The Morgan fingerprint density at radius 1 is 1.18 bits per heavy atom. The number of sulfonamides is 2. The molecule has 1 fully saturated rings. The first-order valence-electron chi connectivity index (χ1n) is 8.75. The number of nitrogens with one attached hydrogen (secondary N) is 2. The predicted molar refractivity (Wildman–Crippen MR) is 106 cm³/mol. The molecule has 0 aliphatic carbocycles. The van der Waals surface area contributed by atoms with Crippen molar-refractivity contribution >= 4 is 43.0 Å². The van der Waals surface area contributed by atoms with Gasteiger partial charge in [0.2, 0.25) is 15.9 Å². The molecule has 2 aromatic carbocycles. The monoisotopic (exact) mass is 421 g/mol. The lowest BCUT2D eigenvalue weighted by Gasteiger charge is -2.18. The summed E-state index contributed by atoms with van der Waals surface area (Å²) in [4.78, 5) is 11.8. The normalized spacial score (nSPS) is 20.7. The van der Waals surface area contributed by atoms with E-state index in [1.165, 1.54) is 22.5 Å². The summed E-state index contributed by atoms with van der Waals surface area (Å²) in [6.07, 6.45) is 0.540. The lowest BCUT2D eigenvalue weighted by Crippen LogP contribution is -2.25. The Kier molecular flexibility index (Phi) is 4.35. The van der Waals surface area contributed by atoms with Crippen LogP contribution < -0.4 is 14.3 Å². The summed E-state index contributed by atoms with van der Waals surface area (Å²) < 4.78 is 53.6. The summed E-state index contributed by atoms with van der Waals surface area (Å²) in [5.74, 6) is -0.505. The van der Waals surface area contributed by atoms with Gasteiger partial charge in [0.25, 0.3) is 10.0 Å². The molecule has 1 amide bonds. The first-order valence-corrected chi connectivity index (χ1v) is 11.8. The fraction of sp³-hybridized carbons (Fsp3) is 0.278. The number of carbonyl (C=O) groups excluding carboxylic acids is 1. The van der Waals surface area contributed by atoms with Gasteiger partial charge in [-0.3, -0.25) is 13.8 Å². The van der Waals surface area contributed by atoms with Crippen LogP contribution in [-0.4, -0.2) is 35.0 Å². The molecule has 2 aliphatic heterocycles. The van der Waals surface area contributed by atoms with Crippen molar-refractivity contribution in [2.45, 2.75) is 24.2 Å². The molecular weight excluding hydrogens is 402 g/mol. The van der Waals surface area contributed by atoms with Gasteiger partial charge in [-0.1, -0.05) is 6.07 Å². The maximum Gasteiger partial charge on any atom is 0.261 e. The first-order chi connectivity index (χ1) is 13.2. The van der Waals surface area contributed by atoms with Gasteiger partial charge in [-0.05, 0) is 55.3 Å². The number of rotatable bonds is 4. The van der Waals surface area contributed by atoms with E-state index in [2.05, 4.69) is 10.0 Å². The Morgan fingerprint density at radius 2 is 1.96 bits per heavy atom. The van der Waals surface area contributed by atoms with Gasteiger partial charge in [0, 0.05) is 12.2 Å². The minimum Gasteiger partial charge on any atom is -0.325 e. The maximum absolute atomic E-state index is 12.8. The van der Waals surface area contributed by atoms with Gasteiger partial charge >= 0.3 is 0 Å². The molecule has 0 bridgehead atoms. The summed E-state index contributed by atoms with van der Waals surface area (Å²) >= 11 is 0. The minimum absolute atomic E-state index is 0.0359. The Morgan fingerprint density at radius 3 is 2.68 bits per heavy atom. The number of fused-ring (bicyclic) bond motifs is 1. The molecule has 8 nitrogen and oxygen atoms in total. The second kappa shape index (κ2) is 6.49. The van der Waals surface area contributed by atoms with Gasteiger partial charge < -0.3 is 5.32 Å². The zero-order valence-electron chi connectivity index (χ0n) is 15.0. The smallest absolute Gasteiger partial charge is 0.261 e. The quantitative estimate of drug-likeness (QED) is 0.785. The van der Waals surface area contributed by atoms with Crippen LogP contribution >= 0.6 is 0 Å². The van der Waals surface area contributed by atoms with Crippen LogP contribution in [0.25, 0.3) is 0 Å². The van der Waals surface area contributed by atoms with Crippen LogP contribution in [0.15, 0.2) is 47.4 Å². The van der Waals surface area contributed by atoms with E-state index in [-0.39, 0.29) is 22.2 Å². The number of carbonyl (C=O) groups is 1. The molecule has 4 rings (SSSR count). The van der Waals surface area contributed by atoms with Gasteiger partial charge in [-0.25, -0.2) is 16.8 Å². The molecule has 1 unspecified atom stereocenters. The number of hydrogen-bond acceptors (Lipinski definition) is 5. The van der Waals surface area contributed by atoms with Crippen molar-refractivity contribution in [2.24, 2.45) is 0 Å². The molecule has 2 aromatic rings. The van der Waals surface area contributed by atoms with E-state index in [4.69, 9.17) is 0 Å². The van der Waals surface area contributed by atoms with Gasteiger partial charge in [0.05, 0.1) is 27.9 Å². The maximum atomic E-state index is 12.8. The third-order valence-corrected chi connectivity index (χ3v) is 8.19. The standard InChI is InChI=1S/C18H19N3O5S2/c1-12-16-11-15(6-7-17(16)19-18(12)22)28(25,26)20-13-4-2-5-14(10-13)21-8-3-9-27(21,23)24/h2,4-7,10-12,20H,3,8-9H2,1H3,(H,19,22). The zero-order chi connectivity index (χ0) is 20.1. The molecule has 28 heavy (non-hydrogen) atoms. The molecule has 2 N–H and O–H groups in total. The van der Waals surface area contributed by atoms with Crippen LogP contribution in [0.4, 0.5) is 17.1 Å². The van der Waals surface area contributed by atoms with Crippen molar-refractivity contribution in [3.8, 4) is 0 Å². The van der Waals surface area contributed by atoms with Gasteiger partial charge in [0.1, 0.15) is 0 Å².